The van der Waals surface area contributed by atoms with Crippen LogP contribution in [0.25, 0.3) is 0 Å². The largest absolute Gasteiger partial charge is 0.396 e. The van der Waals surface area contributed by atoms with Gasteiger partial charge in [0.1, 0.15) is 0 Å². The Bertz CT molecular complexity index is 439. The first-order valence-electron chi connectivity index (χ1n) is 8.23. The van der Waals surface area contributed by atoms with Crippen LogP contribution in [0.3, 0.4) is 0 Å². The average Bonchev–Trinajstić information content (AvgIpc) is 2.53. The van der Waals surface area contributed by atoms with Crippen LogP contribution >= 0.6 is 0 Å². The minimum Gasteiger partial charge on any atom is -0.396 e. The number of carbonyl (C=O) groups excluding carboxylic acids is 1. The number of aryl methyl sites for hydroxylation is 1. The number of likely N-dealkylation sites (tertiary alicyclic amines) is 1. The molecule has 1 fully saturated rings. The van der Waals surface area contributed by atoms with Gasteiger partial charge in [-0.15, -0.1) is 0 Å². The molecule has 0 bridgehead atoms. The standard InChI is InChI=1S/C18H27NO2/c1-2-3-5-15-7-9-17(10-8-15)18(21)19-12-4-6-16(14-19)11-13-20/h7-10,16,20H,2-6,11-14H2,1H3. The van der Waals surface area contributed by atoms with E-state index in [4.69, 9.17) is 5.11 Å². The SMILES string of the molecule is CCCCc1ccc(C(=O)N2CCCC(CCO)C2)cc1. The summed E-state index contributed by atoms with van der Waals surface area (Å²) in [5, 5.41) is 9.06. The van der Waals surface area contributed by atoms with Gasteiger partial charge in [0.2, 0.25) is 0 Å². The number of aliphatic hydroxyl groups is 1. The second-order valence-corrected chi connectivity index (χ2v) is 6.07. The Morgan fingerprint density at radius 3 is 2.76 bits per heavy atom. The molecule has 1 atom stereocenters. The van der Waals surface area contributed by atoms with Gasteiger partial charge in [0, 0.05) is 25.3 Å². The van der Waals surface area contributed by atoms with E-state index in [-0.39, 0.29) is 12.5 Å². The number of aliphatic hydroxyl groups excluding tert-OH is 1. The zero-order chi connectivity index (χ0) is 15.1. The molecule has 1 N–H and O–H groups in total. The molecule has 1 unspecified atom stereocenters. The van der Waals surface area contributed by atoms with Gasteiger partial charge in [-0.1, -0.05) is 25.5 Å². The third-order valence-electron chi connectivity index (χ3n) is 4.36. The van der Waals surface area contributed by atoms with Crippen molar-refractivity contribution in [2.24, 2.45) is 5.92 Å². The van der Waals surface area contributed by atoms with Gasteiger partial charge in [-0.2, -0.15) is 0 Å². The summed E-state index contributed by atoms with van der Waals surface area (Å²) in [6, 6.07) is 8.09. The third-order valence-corrected chi connectivity index (χ3v) is 4.36. The van der Waals surface area contributed by atoms with Crippen LogP contribution < -0.4 is 0 Å². The lowest BCUT2D eigenvalue weighted by Gasteiger charge is -2.32. The Labute approximate surface area is 128 Å². The van der Waals surface area contributed by atoms with Crippen LogP contribution in [0.5, 0.6) is 0 Å². The van der Waals surface area contributed by atoms with Crippen molar-refractivity contribution >= 4 is 5.91 Å². The minimum atomic E-state index is 0.139. The zero-order valence-electron chi connectivity index (χ0n) is 13.1. The van der Waals surface area contributed by atoms with E-state index in [0.29, 0.717) is 5.92 Å². The number of hydrogen-bond acceptors (Lipinski definition) is 2. The van der Waals surface area contributed by atoms with Crippen molar-refractivity contribution in [1.29, 1.82) is 0 Å². The molecule has 1 aromatic carbocycles. The molecule has 0 aliphatic carbocycles. The Morgan fingerprint density at radius 1 is 1.33 bits per heavy atom. The summed E-state index contributed by atoms with van der Waals surface area (Å²) < 4.78 is 0. The number of benzene rings is 1. The van der Waals surface area contributed by atoms with E-state index < -0.39 is 0 Å². The molecule has 3 heteroatoms. The van der Waals surface area contributed by atoms with E-state index in [0.717, 1.165) is 44.3 Å². The molecule has 0 saturated carbocycles. The highest BCUT2D eigenvalue weighted by molar-refractivity contribution is 5.94. The normalized spacial score (nSPS) is 18.8. The summed E-state index contributed by atoms with van der Waals surface area (Å²) in [5.74, 6) is 0.594. The minimum absolute atomic E-state index is 0.139. The highest BCUT2D eigenvalue weighted by atomic mass is 16.3. The van der Waals surface area contributed by atoms with E-state index in [2.05, 4.69) is 19.1 Å². The summed E-state index contributed by atoms with van der Waals surface area (Å²) >= 11 is 0. The maximum atomic E-state index is 12.5. The molecule has 1 aromatic rings. The topological polar surface area (TPSA) is 40.5 Å². The van der Waals surface area contributed by atoms with E-state index in [9.17, 15) is 4.79 Å². The van der Waals surface area contributed by atoms with Crippen LogP contribution in [-0.4, -0.2) is 35.6 Å². The van der Waals surface area contributed by atoms with Gasteiger partial charge in [-0.25, -0.2) is 0 Å². The Kier molecular flexibility index (Phi) is 6.24. The molecular weight excluding hydrogens is 262 g/mol. The predicted octanol–water partition coefficient (Wildman–Crippen LogP) is 3.26. The summed E-state index contributed by atoms with van der Waals surface area (Å²) in [5.41, 5.74) is 2.10. The summed E-state index contributed by atoms with van der Waals surface area (Å²) in [7, 11) is 0. The molecule has 1 heterocycles. The Balaban J connectivity index is 1.95. The highest BCUT2D eigenvalue weighted by Crippen LogP contribution is 2.21. The molecule has 0 spiro atoms. The van der Waals surface area contributed by atoms with Crippen molar-refractivity contribution in [2.45, 2.75) is 45.4 Å². The van der Waals surface area contributed by atoms with Gasteiger partial charge < -0.3 is 10.0 Å². The molecular formula is C18H27NO2. The second-order valence-electron chi connectivity index (χ2n) is 6.07. The monoisotopic (exact) mass is 289 g/mol. The first-order valence-corrected chi connectivity index (χ1v) is 8.23. The van der Waals surface area contributed by atoms with Crippen molar-refractivity contribution in [3.05, 3.63) is 35.4 Å². The summed E-state index contributed by atoms with van der Waals surface area (Å²) in [6.07, 6.45) is 6.46. The third kappa shape index (κ3) is 4.57. The van der Waals surface area contributed by atoms with Gasteiger partial charge in [-0.05, 0) is 55.7 Å². The van der Waals surface area contributed by atoms with Gasteiger partial charge in [0.05, 0.1) is 0 Å². The number of carbonyl (C=O) groups is 1. The molecule has 0 radical (unpaired) electrons. The fourth-order valence-corrected chi connectivity index (χ4v) is 3.05. The van der Waals surface area contributed by atoms with Crippen LogP contribution in [0, 0.1) is 5.92 Å². The van der Waals surface area contributed by atoms with Crippen molar-refractivity contribution in [2.75, 3.05) is 19.7 Å². The predicted molar refractivity (Wildman–Crippen MR) is 85.4 cm³/mol. The number of nitrogens with zero attached hydrogens (tertiary/aromatic N) is 1. The zero-order valence-corrected chi connectivity index (χ0v) is 13.1. The summed E-state index contributed by atoms with van der Waals surface area (Å²) in [4.78, 5) is 14.5. The van der Waals surface area contributed by atoms with E-state index >= 15 is 0 Å². The Morgan fingerprint density at radius 2 is 2.10 bits per heavy atom. The number of hydrogen-bond donors (Lipinski definition) is 1. The first-order chi connectivity index (χ1) is 10.2. The number of amides is 1. The molecule has 1 aliphatic rings. The van der Waals surface area contributed by atoms with Crippen molar-refractivity contribution in [3.63, 3.8) is 0 Å². The fraction of sp³-hybridized carbons (Fsp3) is 0.611. The van der Waals surface area contributed by atoms with Gasteiger partial charge >= 0.3 is 0 Å². The molecule has 0 aromatic heterocycles. The molecule has 116 valence electrons. The molecule has 3 nitrogen and oxygen atoms in total. The lowest BCUT2D eigenvalue weighted by molar-refractivity contribution is 0.0653. The lowest BCUT2D eigenvalue weighted by Crippen LogP contribution is -2.40. The quantitative estimate of drug-likeness (QED) is 0.873. The first kappa shape index (κ1) is 16.0. The van der Waals surface area contributed by atoms with E-state index in [1.54, 1.807) is 0 Å². The number of unbranched alkanes of at least 4 members (excludes halogenated alkanes) is 1. The van der Waals surface area contributed by atoms with Crippen LogP contribution in [0.15, 0.2) is 24.3 Å². The number of rotatable bonds is 6. The van der Waals surface area contributed by atoms with Gasteiger partial charge in [-0.3, -0.25) is 4.79 Å². The summed E-state index contributed by atoms with van der Waals surface area (Å²) in [6.45, 7) is 4.05. The van der Waals surface area contributed by atoms with Gasteiger partial charge in [0.25, 0.3) is 5.91 Å². The van der Waals surface area contributed by atoms with E-state index in [1.807, 2.05) is 17.0 Å². The average molecular weight is 289 g/mol. The Hall–Kier alpha value is -1.35. The lowest BCUT2D eigenvalue weighted by atomic mass is 9.94. The van der Waals surface area contributed by atoms with Crippen LogP contribution in [-0.2, 0) is 6.42 Å². The molecule has 2 rings (SSSR count). The van der Waals surface area contributed by atoms with Crippen LogP contribution in [0.1, 0.15) is 54.9 Å². The van der Waals surface area contributed by atoms with E-state index in [1.165, 1.54) is 18.4 Å². The van der Waals surface area contributed by atoms with Gasteiger partial charge in [0.15, 0.2) is 0 Å². The highest BCUT2D eigenvalue weighted by Gasteiger charge is 2.23. The number of piperidine rings is 1. The fourth-order valence-electron chi connectivity index (χ4n) is 3.05. The van der Waals surface area contributed by atoms with Crippen LogP contribution in [0.2, 0.25) is 0 Å². The van der Waals surface area contributed by atoms with Crippen molar-refractivity contribution in [1.82, 2.24) is 4.90 Å². The van der Waals surface area contributed by atoms with Crippen molar-refractivity contribution in [3.8, 4) is 0 Å². The smallest absolute Gasteiger partial charge is 0.253 e. The van der Waals surface area contributed by atoms with Crippen molar-refractivity contribution < 1.29 is 9.90 Å². The maximum absolute atomic E-state index is 12.5. The van der Waals surface area contributed by atoms with Crippen LogP contribution in [0.4, 0.5) is 0 Å². The molecule has 1 aliphatic heterocycles. The molecule has 1 saturated heterocycles. The molecule has 21 heavy (non-hydrogen) atoms. The second kappa shape index (κ2) is 8.18. The molecule has 1 amide bonds. The maximum Gasteiger partial charge on any atom is 0.253 e.